The van der Waals surface area contributed by atoms with E-state index in [9.17, 15) is 0 Å². The van der Waals surface area contributed by atoms with Crippen molar-refractivity contribution in [3.63, 3.8) is 0 Å². The molecular formula is C11H19NOSSn. The quantitative estimate of drug-likeness (QED) is 0.642. The van der Waals surface area contributed by atoms with Crippen LogP contribution in [0, 0.1) is 0 Å². The zero-order chi connectivity index (χ0) is 11.3. The van der Waals surface area contributed by atoms with Gasteiger partial charge in [0.1, 0.15) is 0 Å². The van der Waals surface area contributed by atoms with Gasteiger partial charge in [0.25, 0.3) is 0 Å². The van der Waals surface area contributed by atoms with Crippen molar-refractivity contribution < 1.29 is 3.07 Å². The van der Waals surface area contributed by atoms with E-state index in [2.05, 4.69) is 32.2 Å². The topological polar surface area (TPSA) is 35.2 Å². The molecule has 1 rings (SSSR count). The van der Waals surface area contributed by atoms with Crippen molar-refractivity contribution in [2.75, 3.05) is 6.61 Å². The predicted octanol–water partition coefficient (Wildman–Crippen LogP) is 2.87. The Morgan fingerprint density at radius 3 is 2.87 bits per heavy atom. The first-order chi connectivity index (χ1) is 7.16. The van der Waals surface area contributed by atoms with Crippen molar-refractivity contribution in [2.45, 2.75) is 37.2 Å². The van der Waals surface area contributed by atoms with E-state index >= 15 is 0 Å². The van der Waals surface area contributed by atoms with Crippen molar-refractivity contribution >= 4 is 32.9 Å². The van der Waals surface area contributed by atoms with Crippen molar-refractivity contribution in [3.8, 4) is 0 Å². The average Bonchev–Trinajstić information content (AvgIpc) is 2.66. The molecule has 0 saturated heterocycles. The Labute approximate surface area is 107 Å². The molecule has 0 bridgehead atoms. The molecule has 15 heavy (non-hydrogen) atoms. The van der Waals surface area contributed by atoms with Gasteiger partial charge in [0.2, 0.25) is 0 Å². The van der Waals surface area contributed by atoms with E-state index < -0.39 is 21.6 Å². The normalized spacial score (nSPS) is 15.2. The first kappa shape index (κ1) is 13.5. The molecule has 1 aromatic heterocycles. The van der Waals surface area contributed by atoms with Gasteiger partial charge in [-0.1, -0.05) is 0 Å². The second-order valence-electron chi connectivity index (χ2n) is 3.72. The Kier molecular flexibility index (Phi) is 6.19. The van der Waals surface area contributed by atoms with Crippen LogP contribution in [0.2, 0.25) is 0 Å². The molecule has 0 aliphatic carbocycles. The summed E-state index contributed by atoms with van der Waals surface area (Å²) in [6, 6.07) is 2.37. The van der Waals surface area contributed by atoms with E-state index in [0.717, 1.165) is 13.0 Å². The molecule has 0 spiro atoms. The number of hydrogen-bond donors (Lipinski definition) is 1. The van der Waals surface area contributed by atoms with E-state index in [0.29, 0.717) is 3.93 Å². The molecule has 0 aliphatic rings. The SMILES string of the molecule is CCC[O][Sn][CH](C)c1ccsc1C(C)N. The molecule has 4 heteroatoms. The first-order valence-corrected chi connectivity index (χ1v) is 9.06. The number of nitrogens with two attached hydrogens (primary N) is 1. The van der Waals surface area contributed by atoms with Crippen molar-refractivity contribution in [1.29, 1.82) is 0 Å². The summed E-state index contributed by atoms with van der Waals surface area (Å²) < 4.78 is 6.35. The van der Waals surface area contributed by atoms with Gasteiger partial charge in [-0.05, 0) is 0 Å². The summed E-state index contributed by atoms with van der Waals surface area (Å²) in [4.78, 5) is 1.34. The van der Waals surface area contributed by atoms with Crippen molar-refractivity contribution in [2.24, 2.45) is 5.73 Å². The number of hydrogen-bond acceptors (Lipinski definition) is 3. The van der Waals surface area contributed by atoms with Crippen LogP contribution in [0.3, 0.4) is 0 Å². The van der Waals surface area contributed by atoms with Gasteiger partial charge >= 0.3 is 107 Å². The molecule has 84 valence electrons. The summed E-state index contributed by atoms with van der Waals surface area (Å²) >= 11 is 1.05. The average molecular weight is 332 g/mol. The van der Waals surface area contributed by atoms with E-state index in [1.165, 1.54) is 10.4 Å². The third kappa shape index (κ3) is 4.05. The Balaban J connectivity index is 2.56. The standard InChI is InChI=1S/C8H12NS.C3H7O.Sn/c1-3-7-4-5-10-8(7)6(2)9;1-2-3-4;/h3-6H,9H2,1-2H3;2-3H2,1H3;/q;-1;+1. The van der Waals surface area contributed by atoms with Gasteiger partial charge in [0.15, 0.2) is 0 Å². The third-order valence-electron chi connectivity index (χ3n) is 2.17. The van der Waals surface area contributed by atoms with Crippen LogP contribution in [-0.4, -0.2) is 28.2 Å². The van der Waals surface area contributed by atoms with Crippen LogP contribution in [0.5, 0.6) is 0 Å². The molecule has 2 unspecified atom stereocenters. The fourth-order valence-corrected chi connectivity index (χ4v) is 5.38. The summed E-state index contributed by atoms with van der Waals surface area (Å²) in [7, 11) is 0. The number of rotatable bonds is 6. The monoisotopic (exact) mass is 333 g/mol. The molecule has 2 atom stereocenters. The first-order valence-electron chi connectivity index (χ1n) is 5.37. The molecule has 0 fully saturated rings. The molecule has 2 nitrogen and oxygen atoms in total. The van der Waals surface area contributed by atoms with Gasteiger partial charge in [0, 0.05) is 0 Å². The minimum atomic E-state index is -0.725. The maximum atomic E-state index is 5.94. The molecule has 2 N–H and O–H groups in total. The Morgan fingerprint density at radius 2 is 2.27 bits per heavy atom. The fourth-order valence-electron chi connectivity index (χ4n) is 1.41. The maximum absolute atomic E-state index is 5.94. The molecular weight excluding hydrogens is 313 g/mol. The van der Waals surface area contributed by atoms with Crippen LogP contribution in [-0.2, 0) is 3.07 Å². The third-order valence-corrected chi connectivity index (χ3v) is 6.26. The number of thiophene rings is 1. The summed E-state index contributed by atoms with van der Waals surface area (Å²) in [5.74, 6) is 0. The molecule has 0 saturated carbocycles. The molecule has 0 aliphatic heterocycles. The van der Waals surface area contributed by atoms with Gasteiger partial charge in [-0.25, -0.2) is 0 Å². The van der Waals surface area contributed by atoms with E-state index in [-0.39, 0.29) is 6.04 Å². The van der Waals surface area contributed by atoms with Gasteiger partial charge in [0.05, 0.1) is 0 Å². The zero-order valence-corrected chi connectivity index (χ0v) is 13.3. The van der Waals surface area contributed by atoms with Crippen LogP contribution in [0.25, 0.3) is 0 Å². The summed E-state index contributed by atoms with van der Waals surface area (Å²) in [5, 5.41) is 2.14. The van der Waals surface area contributed by atoms with Gasteiger partial charge in [-0.2, -0.15) is 0 Å². The Hall–Kier alpha value is 0.419. The van der Waals surface area contributed by atoms with Gasteiger partial charge in [-0.15, -0.1) is 0 Å². The van der Waals surface area contributed by atoms with Gasteiger partial charge in [-0.3, -0.25) is 0 Å². The summed E-state index contributed by atoms with van der Waals surface area (Å²) in [6.45, 7) is 7.41. The van der Waals surface area contributed by atoms with Crippen LogP contribution < -0.4 is 5.73 Å². The van der Waals surface area contributed by atoms with Crippen LogP contribution in [0.15, 0.2) is 11.4 Å². The molecule has 0 aromatic carbocycles. The van der Waals surface area contributed by atoms with E-state index in [1.807, 2.05) is 0 Å². The van der Waals surface area contributed by atoms with Crippen LogP contribution >= 0.6 is 11.3 Å². The Morgan fingerprint density at radius 1 is 1.53 bits per heavy atom. The minimum absolute atomic E-state index is 0.160. The predicted molar refractivity (Wildman–Crippen MR) is 67.3 cm³/mol. The van der Waals surface area contributed by atoms with Gasteiger partial charge < -0.3 is 0 Å². The van der Waals surface area contributed by atoms with Crippen molar-refractivity contribution in [3.05, 3.63) is 21.9 Å². The molecule has 1 heterocycles. The Bertz CT molecular complexity index is 288. The molecule has 2 radical (unpaired) electrons. The molecule has 0 amide bonds. The second-order valence-corrected chi connectivity index (χ2v) is 8.63. The summed E-state index contributed by atoms with van der Waals surface area (Å²) in [6.07, 6.45) is 1.12. The second kappa shape index (κ2) is 6.89. The summed E-state index contributed by atoms with van der Waals surface area (Å²) in [5.41, 5.74) is 7.37. The zero-order valence-electron chi connectivity index (χ0n) is 9.62. The van der Waals surface area contributed by atoms with E-state index in [4.69, 9.17) is 8.81 Å². The van der Waals surface area contributed by atoms with E-state index in [1.54, 1.807) is 11.3 Å². The van der Waals surface area contributed by atoms with Crippen LogP contribution in [0.1, 0.15) is 47.6 Å². The molecule has 1 aromatic rings. The van der Waals surface area contributed by atoms with Crippen molar-refractivity contribution in [1.82, 2.24) is 0 Å². The van der Waals surface area contributed by atoms with Crippen LogP contribution in [0.4, 0.5) is 0 Å². The fraction of sp³-hybridized carbons (Fsp3) is 0.636.